The Morgan fingerprint density at radius 1 is 0.725 bits per heavy atom. The summed E-state index contributed by atoms with van der Waals surface area (Å²) in [6.45, 7) is 5.16. The van der Waals surface area contributed by atoms with E-state index < -0.39 is 6.04 Å². The molecule has 0 spiro atoms. The van der Waals surface area contributed by atoms with E-state index >= 15 is 0 Å². The van der Waals surface area contributed by atoms with Crippen LogP contribution in [0.15, 0.2) is 97.1 Å². The fraction of sp³-hybridized carbons (Fsp3) is 0.206. The number of halogens is 1. The van der Waals surface area contributed by atoms with Crippen molar-refractivity contribution in [3.05, 3.63) is 119 Å². The molecule has 0 aliphatic rings. The summed E-state index contributed by atoms with van der Waals surface area (Å²) in [5, 5.41) is 19.0. The van der Waals surface area contributed by atoms with Gasteiger partial charge in [-0.1, -0.05) is 98.8 Å². The molecule has 4 rings (SSSR count). The summed E-state index contributed by atoms with van der Waals surface area (Å²) in [6, 6.07) is 35.5. The van der Waals surface area contributed by atoms with Gasteiger partial charge in [0.25, 0.3) is 0 Å². The highest BCUT2D eigenvalue weighted by Gasteiger charge is 2.30. The number of rotatable bonds is 9. The molecule has 0 heterocycles. The van der Waals surface area contributed by atoms with Gasteiger partial charge < -0.3 is 4.74 Å². The lowest BCUT2D eigenvalue weighted by molar-refractivity contribution is -0.149. The number of hydrogen-bond donors (Lipinski definition) is 0. The third kappa shape index (κ3) is 6.96. The predicted octanol–water partition coefficient (Wildman–Crippen LogP) is 7.39. The smallest absolute Gasteiger partial charge is 0.323 e. The number of ether oxygens (including phenoxy) is 1. The summed E-state index contributed by atoms with van der Waals surface area (Å²) in [4.78, 5) is 15.0. The molecule has 0 aliphatic heterocycles. The number of benzene rings is 4. The Hall–Kier alpha value is -4.42. The molecule has 0 aromatic heterocycles. The third-order valence-corrected chi connectivity index (χ3v) is 6.86. The third-order valence-electron chi connectivity index (χ3n) is 6.86. The van der Waals surface area contributed by atoms with E-state index in [0.29, 0.717) is 24.2 Å². The molecule has 0 saturated heterocycles. The normalized spacial score (nSPS) is 11.3. The summed E-state index contributed by atoms with van der Waals surface area (Å²) < 4.78 is 5.19. The molecule has 0 bridgehead atoms. The Morgan fingerprint density at radius 3 is 1.48 bits per heavy atom. The Labute approximate surface area is 242 Å². The first-order valence-electron chi connectivity index (χ1n) is 12.9. The van der Waals surface area contributed by atoms with Crippen molar-refractivity contribution in [3.8, 4) is 34.4 Å². The zero-order valence-corrected chi connectivity index (χ0v) is 23.7. The molecule has 0 amide bonds. The first-order valence-corrected chi connectivity index (χ1v) is 12.9. The average molecular weight is 550 g/mol. The molecule has 0 fully saturated rings. The van der Waals surface area contributed by atoms with Gasteiger partial charge in [0.05, 0.1) is 30.4 Å². The zero-order valence-electron chi connectivity index (χ0n) is 22.9. The topological polar surface area (TPSA) is 77.1 Å². The van der Waals surface area contributed by atoms with Crippen molar-refractivity contribution in [3.63, 3.8) is 0 Å². The number of hydrogen-bond acceptors (Lipinski definition) is 5. The average Bonchev–Trinajstić information content (AvgIpc) is 2.97. The molecule has 0 aliphatic carbocycles. The molecule has 1 atom stereocenters. The SMILES string of the molecule is COC(=O)[C@H](C(C)C)N(Cc1ccc(-c2ccccc2C#N)cc1)Cc1ccc(-c2ccccc2C#N)cc1.Cl. The van der Waals surface area contributed by atoms with Crippen LogP contribution in [0, 0.1) is 28.6 Å². The van der Waals surface area contributed by atoms with Crippen molar-refractivity contribution in [2.75, 3.05) is 7.11 Å². The first kappa shape index (κ1) is 30.1. The molecular formula is C34H32ClN3O2. The number of nitriles is 2. The molecule has 40 heavy (non-hydrogen) atoms. The predicted molar refractivity (Wildman–Crippen MR) is 160 cm³/mol. The number of carbonyl (C=O) groups is 1. The van der Waals surface area contributed by atoms with Gasteiger partial charge in [-0.3, -0.25) is 9.69 Å². The lowest BCUT2D eigenvalue weighted by Gasteiger charge is -2.32. The highest BCUT2D eigenvalue weighted by molar-refractivity contribution is 5.85. The van der Waals surface area contributed by atoms with Gasteiger partial charge in [-0.25, -0.2) is 0 Å². The van der Waals surface area contributed by atoms with Gasteiger partial charge in [0, 0.05) is 13.1 Å². The Balaban J connectivity index is 0.00000441. The molecule has 4 aromatic carbocycles. The number of nitrogens with zero attached hydrogens (tertiary/aromatic N) is 3. The van der Waals surface area contributed by atoms with Crippen LogP contribution in [-0.2, 0) is 22.6 Å². The second-order valence-electron chi connectivity index (χ2n) is 9.83. The van der Waals surface area contributed by atoms with E-state index in [2.05, 4.69) is 17.0 Å². The maximum Gasteiger partial charge on any atom is 0.323 e. The molecule has 4 aromatic rings. The van der Waals surface area contributed by atoms with Crippen molar-refractivity contribution >= 4 is 18.4 Å². The largest absolute Gasteiger partial charge is 0.468 e. The van der Waals surface area contributed by atoms with Gasteiger partial charge in [-0.2, -0.15) is 10.5 Å². The first-order chi connectivity index (χ1) is 18.9. The summed E-state index contributed by atoms with van der Waals surface area (Å²) in [6.07, 6.45) is 0. The fourth-order valence-electron chi connectivity index (χ4n) is 4.93. The molecule has 0 unspecified atom stereocenters. The van der Waals surface area contributed by atoms with Crippen LogP contribution in [0.1, 0.15) is 36.1 Å². The van der Waals surface area contributed by atoms with E-state index in [1.54, 1.807) is 0 Å². The molecular weight excluding hydrogens is 518 g/mol. The summed E-state index contributed by atoms with van der Waals surface area (Å²) in [5.74, 6) is -0.217. The molecule has 0 saturated carbocycles. The standard InChI is InChI=1S/C34H31N3O2.ClH/c1-24(2)33(34(38)39-3)37(22-25-12-16-27(17-13-25)31-10-6-4-8-29(31)20-35)23-26-14-18-28(19-15-26)32-11-7-5-9-30(32)21-36;/h4-19,24,33H,22-23H2,1-3H3;1H/t33-;/m0./s1. The monoisotopic (exact) mass is 549 g/mol. The van der Waals surface area contributed by atoms with Gasteiger partial charge in [0.2, 0.25) is 0 Å². The Kier molecular flexibility index (Phi) is 10.6. The minimum atomic E-state index is -0.423. The van der Waals surface area contributed by atoms with E-state index in [9.17, 15) is 15.3 Å². The minimum absolute atomic E-state index is 0. The number of methoxy groups -OCH3 is 1. The highest BCUT2D eigenvalue weighted by atomic mass is 35.5. The van der Waals surface area contributed by atoms with Gasteiger partial charge in [-0.05, 0) is 51.4 Å². The maximum absolute atomic E-state index is 12.9. The molecule has 5 nitrogen and oxygen atoms in total. The van der Waals surface area contributed by atoms with Gasteiger partial charge in [0.15, 0.2) is 0 Å². The van der Waals surface area contributed by atoms with Crippen LogP contribution in [0.4, 0.5) is 0 Å². The van der Waals surface area contributed by atoms with Gasteiger partial charge in [-0.15, -0.1) is 12.4 Å². The fourth-order valence-corrected chi connectivity index (χ4v) is 4.93. The van der Waals surface area contributed by atoms with Crippen LogP contribution in [0.3, 0.4) is 0 Å². The number of esters is 1. The van der Waals surface area contributed by atoms with Crippen LogP contribution >= 0.6 is 12.4 Å². The molecule has 6 heteroatoms. The minimum Gasteiger partial charge on any atom is -0.468 e. The second-order valence-corrected chi connectivity index (χ2v) is 9.83. The summed E-state index contributed by atoms with van der Waals surface area (Å²) in [7, 11) is 1.43. The van der Waals surface area contributed by atoms with Crippen molar-refractivity contribution in [2.24, 2.45) is 5.92 Å². The van der Waals surface area contributed by atoms with Gasteiger partial charge >= 0.3 is 5.97 Å². The van der Waals surface area contributed by atoms with Crippen LogP contribution in [0.5, 0.6) is 0 Å². The van der Waals surface area contributed by atoms with E-state index in [1.807, 2.05) is 111 Å². The van der Waals surface area contributed by atoms with Crippen molar-refractivity contribution in [2.45, 2.75) is 33.0 Å². The Morgan fingerprint density at radius 2 is 1.12 bits per heavy atom. The Bertz CT molecular complexity index is 1410. The van der Waals surface area contributed by atoms with Crippen LogP contribution < -0.4 is 0 Å². The van der Waals surface area contributed by atoms with E-state index in [0.717, 1.165) is 33.4 Å². The molecule has 202 valence electrons. The zero-order chi connectivity index (χ0) is 27.8. The highest BCUT2D eigenvalue weighted by Crippen LogP contribution is 2.27. The lowest BCUT2D eigenvalue weighted by Crippen LogP contribution is -2.44. The summed E-state index contributed by atoms with van der Waals surface area (Å²) in [5.41, 5.74) is 7.14. The lowest BCUT2D eigenvalue weighted by atomic mass is 9.97. The van der Waals surface area contributed by atoms with Crippen molar-refractivity contribution in [1.82, 2.24) is 4.90 Å². The van der Waals surface area contributed by atoms with Gasteiger partial charge in [0.1, 0.15) is 6.04 Å². The molecule has 0 radical (unpaired) electrons. The number of carbonyl (C=O) groups excluding carboxylic acids is 1. The maximum atomic E-state index is 12.9. The summed E-state index contributed by atoms with van der Waals surface area (Å²) >= 11 is 0. The van der Waals surface area contributed by atoms with Crippen molar-refractivity contribution < 1.29 is 9.53 Å². The quantitative estimate of drug-likeness (QED) is 0.203. The van der Waals surface area contributed by atoms with Crippen LogP contribution in [0.25, 0.3) is 22.3 Å². The van der Waals surface area contributed by atoms with Crippen LogP contribution in [0.2, 0.25) is 0 Å². The second kappa shape index (κ2) is 14.1. The van der Waals surface area contributed by atoms with E-state index in [-0.39, 0.29) is 24.3 Å². The van der Waals surface area contributed by atoms with Crippen molar-refractivity contribution in [1.29, 1.82) is 10.5 Å². The molecule has 0 N–H and O–H groups in total. The van der Waals surface area contributed by atoms with E-state index in [4.69, 9.17) is 4.74 Å². The van der Waals surface area contributed by atoms with Crippen LogP contribution in [-0.4, -0.2) is 24.0 Å². The van der Waals surface area contributed by atoms with E-state index in [1.165, 1.54) is 7.11 Å².